The van der Waals surface area contributed by atoms with Gasteiger partial charge in [0.2, 0.25) is 5.91 Å². The van der Waals surface area contributed by atoms with Crippen LogP contribution in [-0.2, 0) is 4.79 Å². The second kappa shape index (κ2) is 5.32. The standard InChI is InChI=1S/C10H21N3O/c1-12(2)6-7-13(3)10(14)8-11-9-4-5-9/h9,11H,4-8H2,1-3H3. The highest BCUT2D eigenvalue weighted by molar-refractivity contribution is 5.78. The third kappa shape index (κ3) is 4.58. The summed E-state index contributed by atoms with van der Waals surface area (Å²) in [6, 6.07) is 0.612. The molecule has 1 rings (SSSR count). The molecule has 0 heterocycles. The van der Waals surface area contributed by atoms with Gasteiger partial charge >= 0.3 is 0 Å². The predicted molar refractivity (Wildman–Crippen MR) is 57.2 cm³/mol. The van der Waals surface area contributed by atoms with Gasteiger partial charge in [-0.25, -0.2) is 0 Å². The number of rotatable bonds is 6. The fourth-order valence-corrected chi connectivity index (χ4v) is 1.13. The van der Waals surface area contributed by atoms with Crippen LogP contribution in [0.3, 0.4) is 0 Å². The smallest absolute Gasteiger partial charge is 0.236 e. The lowest BCUT2D eigenvalue weighted by atomic mass is 10.4. The van der Waals surface area contributed by atoms with Crippen molar-refractivity contribution < 1.29 is 4.79 Å². The topological polar surface area (TPSA) is 35.6 Å². The normalized spacial score (nSPS) is 16.0. The average molecular weight is 199 g/mol. The van der Waals surface area contributed by atoms with Crippen molar-refractivity contribution in [1.82, 2.24) is 15.1 Å². The summed E-state index contributed by atoms with van der Waals surface area (Å²) >= 11 is 0. The Hall–Kier alpha value is -0.610. The number of carbonyl (C=O) groups excluding carboxylic acids is 1. The van der Waals surface area contributed by atoms with E-state index in [-0.39, 0.29) is 5.91 Å². The molecule has 0 aliphatic heterocycles. The third-order valence-corrected chi connectivity index (χ3v) is 2.43. The number of carbonyl (C=O) groups is 1. The van der Waals surface area contributed by atoms with Crippen LogP contribution in [0.4, 0.5) is 0 Å². The highest BCUT2D eigenvalue weighted by atomic mass is 16.2. The molecular formula is C10H21N3O. The molecule has 1 aliphatic carbocycles. The Kier molecular flexibility index (Phi) is 4.35. The van der Waals surface area contributed by atoms with Crippen molar-refractivity contribution in [1.29, 1.82) is 0 Å². The molecule has 1 amide bonds. The first kappa shape index (κ1) is 11.5. The minimum absolute atomic E-state index is 0.193. The molecule has 0 saturated heterocycles. The quantitative estimate of drug-likeness (QED) is 0.641. The molecule has 4 heteroatoms. The van der Waals surface area contributed by atoms with E-state index in [1.165, 1.54) is 12.8 Å². The zero-order chi connectivity index (χ0) is 10.6. The van der Waals surface area contributed by atoms with Gasteiger partial charge in [-0.05, 0) is 26.9 Å². The number of hydrogen-bond acceptors (Lipinski definition) is 3. The van der Waals surface area contributed by atoms with Crippen molar-refractivity contribution >= 4 is 5.91 Å². The van der Waals surface area contributed by atoms with Crippen molar-refractivity contribution in [3.05, 3.63) is 0 Å². The van der Waals surface area contributed by atoms with Crippen LogP contribution in [0.1, 0.15) is 12.8 Å². The molecule has 1 N–H and O–H groups in total. The highest BCUT2D eigenvalue weighted by Gasteiger charge is 2.21. The van der Waals surface area contributed by atoms with Crippen LogP contribution in [0.2, 0.25) is 0 Å². The zero-order valence-electron chi connectivity index (χ0n) is 9.42. The molecule has 1 fully saturated rings. The molecule has 0 aromatic carbocycles. The molecule has 1 aliphatic rings. The first-order valence-electron chi connectivity index (χ1n) is 5.21. The molecule has 4 nitrogen and oxygen atoms in total. The molecule has 0 aromatic heterocycles. The second-order valence-electron chi connectivity index (χ2n) is 4.27. The minimum atomic E-state index is 0.193. The Bertz CT molecular complexity index is 190. The van der Waals surface area contributed by atoms with E-state index in [1.54, 1.807) is 4.90 Å². The van der Waals surface area contributed by atoms with Crippen molar-refractivity contribution in [3.63, 3.8) is 0 Å². The molecule has 14 heavy (non-hydrogen) atoms. The Morgan fingerprint density at radius 3 is 2.43 bits per heavy atom. The number of hydrogen-bond donors (Lipinski definition) is 1. The van der Waals surface area contributed by atoms with Gasteiger partial charge in [-0.15, -0.1) is 0 Å². The van der Waals surface area contributed by atoms with Crippen molar-refractivity contribution in [2.24, 2.45) is 0 Å². The molecule has 0 bridgehead atoms. The summed E-state index contributed by atoms with van der Waals surface area (Å²) in [6.45, 7) is 2.22. The van der Waals surface area contributed by atoms with Crippen LogP contribution in [-0.4, -0.2) is 62.5 Å². The first-order valence-corrected chi connectivity index (χ1v) is 5.21. The number of amides is 1. The Labute approximate surface area is 86.2 Å². The van der Waals surface area contributed by atoms with E-state index in [1.807, 2.05) is 21.1 Å². The van der Waals surface area contributed by atoms with Gasteiger partial charge in [-0.1, -0.05) is 0 Å². The molecule has 1 saturated carbocycles. The molecule has 0 radical (unpaired) electrons. The molecule has 82 valence electrons. The van der Waals surface area contributed by atoms with Crippen molar-refractivity contribution in [2.75, 3.05) is 40.8 Å². The third-order valence-electron chi connectivity index (χ3n) is 2.43. The van der Waals surface area contributed by atoms with Crippen LogP contribution in [0, 0.1) is 0 Å². The van der Waals surface area contributed by atoms with E-state index < -0.39 is 0 Å². The first-order chi connectivity index (χ1) is 6.59. The van der Waals surface area contributed by atoms with E-state index in [0.717, 1.165) is 13.1 Å². The summed E-state index contributed by atoms with van der Waals surface area (Å²) in [5.41, 5.74) is 0. The fourth-order valence-electron chi connectivity index (χ4n) is 1.13. The van der Waals surface area contributed by atoms with Gasteiger partial charge in [0.15, 0.2) is 0 Å². The van der Waals surface area contributed by atoms with Crippen LogP contribution in [0.25, 0.3) is 0 Å². The minimum Gasteiger partial charge on any atom is -0.343 e. The Morgan fingerprint density at radius 2 is 1.93 bits per heavy atom. The summed E-state index contributed by atoms with van der Waals surface area (Å²) in [6.07, 6.45) is 2.46. The molecule has 0 aromatic rings. The summed E-state index contributed by atoms with van der Waals surface area (Å²) in [7, 11) is 5.89. The monoisotopic (exact) mass is 199 g/mol. The molecule has 0 spiro atoms. The number of nitrogens with one attached hydrogen (secondary N) is 1. The molecular weight excluding hydrogens is 178 g/mol. The second-order valence-corrected chi connectivity index (χ2v) is 4.27. The summed E-state index contributed by atoms with van der Waals surface area (Å²) in [5.74, 6) is 0.193. The lowest BCUT2D eigenvalue weighted by Gasteiger charge is -2.19. The largest absolute Gasteiger partial charge is 0.343 e. The van der Waals surface area contributed by atoms with E-state index >= 15 is 0 Å². The van der Waals surface area contributed by atoms with Gasteiger partial charge in [-0.3, -0.25) is 4.79 Å². The van der Waals surface area contributed by atoms with Crippen molar-refractivity contribution in [2.45, 2.75) is 18.9 Å². The van der Waals surface area contributed by atoms with Crippen LogP contribution >= 0.6 is 0 Å². The van der Waals surface area contributed by atoms with Gasteiger partial charge in [0, 0.05) is 26.2 Å². The van der Waals surface area contributed by atoms with E-state index in [4.69, 9.17) is 0 Å². The lowest BCUT2D eigenvalue weighted by Crippen LogP contribution is -2.39. The maximum absolute atomic E-state index is 11.5. The summed E-state index contributed by atoms with van der Waals surface area (Å²) in [5, 5.41) is 3.22. The molecule has 0 atom stereocenters. The van der Waals surface area contributed by atoms with Gasteiger partial charge < -0.3 is 15.1 Å². The Balaban J connectivity index is 2.07. The average Bonchev–Trinajstić information content (AvgIpc) is 2.93. The van der Waals surface area contributed by atoms with Gasteiger partial charge in [0.05, 0.1) is 6.54 Å². The predicted octanol–water partition coefficient (Wildman–Crippen LogP) is -0.242. The van der Waals surface area contributed by atoms with E-state index in [9.17, 15) is 4.79 Å². The lowest BCUT2D eigenvalue weighted by molar-refractivity contribution is -0.129. The Morgan fingerprint density at radius 1 is 1.29 bits per heavy atom. The summed E-state index contributed by atoms with van der Waals surface area (Å²) in [4.78, 5) is 15.4. The SMILES string of the molecule is CN(C)CCN(C)C(=O)CNC1CC1. The van der Waals surface area contributed by atoms with Gasteiger partial charge in [-0.2, -0.15) is 0 Å². The van der Waals surface area contributed by atoms with Crippen LogP contribution in [0.5, 0.6) is 0 Å². The molecule has 0 unspecified atom stereocenters. The van der Waals surface area contributed by atoms with Crippen molar-refractivity contribution in [3.8, 4) is 0 Å². The van der Waals surface area contributed by atoms with Crippen LogP contribution < -0.4 is 5.32 Å². The number of likely N-dealkylation sites (N-methyl/N-ethyl adjacent to an activating group) is 2. The maximum atomic E-state index is 11.5. The van der Waals surface area contributed by atoms with Gasteiger partial charge in [0.25, 0.3) is 0 Å². The zero-order valence-corrected chi connectivity index (χ0v) is 9.42. The van der Waals surface area contributed by atoms with E-state index in [0.29, 0.717) is 12.6 Å². The fraction of sp³-hybridized carbons (Fsp3) is 0.900. The van der Waals surface area contributed by atoms with Gasteiger partial charge in [0.1, 0.15) is 0 Å². The van der Waals surface area contributed by atoms with E-state index in [2.05, 4.69) is 10.2 Å². The van der Waals surface area contributed by atoms with Crippen LogP contribution in [0.15, 0.2) is 0 Å². The maximum Gasteiger partial charge on any atom is 0.236 e. The summed E-state index contributed by atoms with van der Waals surface area (Å²) < 4.78 is 0. The number of nitrogens with zero attached hydrogens (tertiary/aromatic N) is 2. The highest BCUT2D eigenvalue weighted by Crippen LogP contribution is 2.17.